The molecule has 0 spiro atoms. The number of ether oxygens (including phenoxy) is 2. The van der Waals surface area contributed by atoms with Gasteiger partial charge in [0.25, 0.3) is 0 Å². The van der Waals surface area contributed by atoms with E-state index >= 15 is 0 Å². The Balaban J connectivity index is 2.18. The zero-order valence-electron chi connectivity index (χ0n) is 11.6. The molecule has 108 valence electrons. The van der Waals surface area contributed by atoms with Crippen LogP contribution in [0.4, 0.5) is 4.39 Å². The van der Waals surface area contributed by atoms with Gasteiger partial charge in [0, 0.05) is 12.1 Å². The average molecular weight is 286 g/mol. The third kappa shape index (κ3) is 3.50. The first-order chi connectivity index (χ1) is 10.2. The van der Waals surface area contributed by atoms with E-state index in [-0.39, 0.29) is 6.61 Å². The molecule has 0 unspecified atom stereocenters. The predicted octanol–water partition coefficient (Wildman–Crippen LogP) is 2.74. The molecule has 0 heterocycles. The van der Waals surface area contributed by atoms with E-state index in [2.05, 4.69) is 0 Å². The highest BCUT2D eigenvalue weighted by Crippen LogP contribution is 2.29. The fraction of sp³-hybridized carbons (Fsp3) is 0.188. The van der Waals surface area contributed by atoms with Crippen LogP contribution in [0.15, 0.2) is 36.4 Å². The Morgan fingerprint density at radius 1 is 1.19 bits per heavy atom. The number of nitriles is 1. The molecule has 0 aliphatic carbocycles. The maximum atomic E-state index is 13.7. The molecule has 0 amide bonds. The van der Waals surface area contributed by atoms with E-state index in [1.54, 1.807) is 12.1 Å². The summed E-state index contributed by atoms with van der Waals surface area (Å²) in [5.41, 5.74) is 7.19. The van der Waals surface area contributed by atoms with E-state index in [0.29, 0.717) is 29.2 Å². The molecule has 5 heteroatoms. The molecule has 0 radical (unpaired) electrons. The first-order valence-corrected chi connectivity index (χ1v) is 6.36. The monoisotopic (exact) mass is 286 g/mol. The number of nitrogens with two attached hydrogens (primary N) is 1. The Morgan fingerprint density at radius 2 is 2.00 bits per heavy atom. The highest BCUT2D eigenvalue weighted by Gasteiger charge is 2.08. The summed E-state index contributed by atoms with van der Waals surface area (Å²) in [5.74, 6) is 0.623. The molecule has 0 aliphatic heterocycles. The molecule has 0 fully saturated rings. The number of nitrogens with zero attached hydrogens (tertiary/aromatic N) is 1. The first-order valence-electron chi connectivity index (χ1n) is 6.36. The second kappa shape index (κ2) is 6.73. The lowest BCUT2D eigenvalue weighted by Crippen LogP contribution is -2.02. The zero-order chi connectivity index (χ0) is 15.2. The van der Waals surface area contributed by atoms with Crippen molar-refractivity contribution in [3.05, 3.63) is 58.9 Å². The van der Waals surface area contributed by atoms with Gasteiger partial charge >= 0.3 is 0 Å². The molecule has 0 aliphatic rings. The van der Waals surface area contributed by atoms with E-state index in [1.165, 1.54) is 25.3 Å². The molecule has 0 saturated heterocycles. The lowest BCUT2D eigenvalue weighted by molar-refractivity contribution is 0.279. The fourth-order valence-electron chi connectivity index (χ4n) is 1.87. The Morgan fingerprint density at radius 3 is 2.67 bits per heavy atom. The molecular weight excluding hydrogens is 271 g/mol. The van der Waals surface area contributed by atoms with Crippen LogP contribution in [0.25, 0.3) is 0 Å². The van der Waals surface area contributed by atoms with Crippen molar-refractivity contribution < 1.29 is 13.9 Å². The molecule has 2 aromatic carbocycles. The molecule has 2 rings (SSSR count). The summed E-state index contributed by atoms with van der Waals surface area (Å²) < 4.78 is 24.5. The summed E-state index contributed by atoms with van der Waals surface area (Å²) in [7, 11) is 1.53. The smallest absolute Gasteiger partial charge is 0.161 e. The van der Waals surface area contributed by atoms with Gasteiger partial charge in [0.1, 0.15) is 12.4 Å². The highest BCUT2D eigenvalue weighted by molar-refractivity contribution is 5.43. The number of methoxy groups -OCH3 is 1. The minimum Gasteiger partial charge on any atom is -0.493 e. The van der Waals surface area contributed by atoms with E-state index in [0.717, 1.165) is 5.56 Å². The number of halogens is 1. The van der Waals surface area contributed by atoms with Crippen LogP contribution in [0.2, 0.25) is 0 Å². The Bertz CT molecular complexity index is 680. The zero-order valence-corrected chi connectivity index (χ0v) is 11.6. The molecule has 0 aromatic heterocycles. The van der Waals surface area contributed by atoms with E-state index in [1.807, 2.05) is 12.1 Å². The van der Waals surface area contributed by atoms with Crippen LogP contribution in [-0.4, -0.2) is 7.11 Å². The minimum atomic E-state index is -0.411. The Hall–Kier alpha value is -2.58. The number of hydrogen-bond acceptors (Lipinski definition) is 4. The fourth-order valence-corrected chi connectivity index (χ4v) is 1.87. The van der Waals surface area contributed by atoms with Crippen molar-refractivity contribution in [1.29, 1.82) is 5.26 Å². The Labute approximate surface area is 122 Å². The van der Waals surface area contributed by atoms with Gasteiger partial charge in [0.05, 0.1) is 18.7 Å². The van der Waals surface area contributed by atoms with Gasteiger partial charge < -0.3 is 15.2 Å². The molecule has 2 aromatic rings. The molecule has 0 atom stereocenters. The standard InChI is InChI=1S/C16H15FN2O2/c1-20-16-7-12(9-19)3-5-15(16)21-10-13-6-11(8-18)2-4-14(13)17/h2-7H,9-10,19H2,1H3. The van der Waals surface area contributed by atoms with Crippen molar-refractivity contribution in [3.8, 4) is 17.6 Å². The van der Waals surface area contributed by atoms with Gasteiger partial charge in [0.2, 0.25) is 0 Å². The van der Waals surface area contributed by atoms with Crippen molar-refractivity contribution in [2.24, 2.45) is 5.73 Å². The molecule has 0 bridgehead atoms. The molecule has 21 heavy (non-hydrogen) atoms. The first kappa shape index (κ1) is 14.8. The molecule has 2 N–H and O–H groups in total. The van der Waals surface area contributed by atoms with Crippen molar-refractivity contribution >= 4 is 0 Å². The van der Waals surface area contributed by atoms with Crippen LogP contribution in [0.1, 0.15) is 16.7 Å². The summed E-state index contributed by atoms with van der Waals surface area (Å²) >= 11 is 0. The van der Waals surface area contributed by atoms with Gasteiger partial charge in [0.15, 0.2) is 11.5 Å². The SMILES string of the molecule is COc1cc(CN)ccc1OCc1cc(C#N)ccc1F. The Kier molecular flexibility index (Phi) is 4.75. The quantitative estimate of drug-likeness (QED) is 0.917. The van der Waals surface area contributed by atoms with Gasteiger partial charge in [-0.3, -0.25) is 0 Å². The van der Waals surface area contributed by atoms with Crippen LogP contribution in [0.3, 0.4) is 0 Å². The van der Waals surface area contributed by atoms with E-state index < -0.39 is 5.82 Å². The van der Waals surface area contributed by atoms with Crippen LogP contribution >= 0.6 is 0 Å². The third-order valence-electron chi connectivity index (χ3n) is 3.02. The van der Waals surface area contributed by atoms with Crippen LogP contribution in [0.5, 0.6) is 11.5 Å². The number of hydrogen-bond donors (Lipinski definition) is 1. The molecule has 4 nitrogen and oxygen atoms in total. The van der Waals surface area contributed by atoms with Gasteiger partial charge in [-0.05, 0) is 35.9 Å². The molecule has 0 saturated carbocycles. The third-order valence-corrected chi connectivity index (χ3v) is 3.02. The van der Waals surface area contributed by atoms with Gasteiger partial charge in [-0.25, -0.2) is 4.39 Å². The number of rotatable bonds is 5. The van der Waals surface area contributed by atoms with Crippen LogP contribution < -0.4 is 15.2 Å². The van der Waals surface area contributed by atoms with E-state index in [9.17, 15) is 4.39 Å². The van der Waals surface area contributed by atoms with Crippen molar-refractivity contribution in [3.63, 3.8) is 0 Å². The summed E-state index contributed by atoms with van der Waals surface area (Å²) in [6, 6.07) is 11.4. The minimum absolute atomic E-state index is 0.0136. The maximum absolute atomic E-state index is 13.7. The summed E-state index contributed by atoms with van der Waals surface area (Å²) in [6.07, 6.45) is 0. The highest BCUT2D eigenvalue weighted by atomic mass is 19.1. The topological polar surface area (TPSA) is 68.3 Å². The second-order valence-electron chi connectivity index (χ2n) is 4.40. The van der Waals surface area contributed by atoms with Gasteiger partial charge in [-0.1, -0.05) is 6.07 Å². The van der Waals surface area contributed by atoms with Crippen molar-refractivity contribution in [1.82, 2.24) is 0 Å². The average Bonchev–Trinajstić information content (AvgIpc) is 2.54. The number of benzene rings is 2. The van der Waals surface area contributed by atoms with Crippen molar-refractivity contribution in [2.75, 3.05) is 7.11 Å². The molecular formula is C16H15FN2O2. The summed E-state index contributed by atoms with van der Waals surface area (Å²) in [5, 5.41) is 8.83. The summed E-state index contributed by atoms with van der Waals surface area (Å²) in [6.45, 7) is 0.412. The maximum Gasteiger partial charge on any atom is 0.161 e. The lowest BCUT2D eigenvalue weighted by atomic mass is 10.1. The lowest BCUT2D eigenvalue weighted by Gasteiger charge is -2.12. The van der Waals surface area contributed by atoms with Gasteiger partial charge in [-0.15, -0.1) is 0 Å². The van der Waals surface area contributed by atoms with Crippen LogP contribution in [0, 0.1) is 17.1 Å². The normalized spacial score (nSPS) is 10.0. The van der Waals surface area contributed by atoms with Gasteiger partial charge in [-0.2, -0.15) is 5.26 Å². The second-order valence-corrected chi connectivity index (χ2v) is 4.40. The predicted molar refractivity (Wildman–Crippen MR) is 76.3 cm³/mol. The largest absolute Gasteiger partial charge is 0.493 e. The summed E-state index contributed by atoms with van der Waals surface area (Å²) in [4.78, 5) is 0. The van der Waals surface area contributed by atoms with Crippen molar-refractivity contribution in [2.45, 2.75) is 13.2 Å². The van der Waals surface area contributed by atoms with Crippen LogP contribution in [-0.2, 0) is 13.2 Å². The van der Waals surface area contributed by atoms with E-state index in [4.69, 9.17) is 20.5 Å².